The minimum atomic E-state index is -0.171. The first-order valence-corrected chi connectivity index (χ1v) is 7.44. The first-order chi connectivity index (χ1) is 10.2. The average Bonchev–Trinajstić information content (AvgIpc) is 3.02. The van der Waals surface area contributed by atoms with Crippen molar-refractivity contribution in [2.24, 2.45) is 7.05 Å². The number of carbonyl (C=O) groups excluding carboxylic acids is 1. The van der Waals surface area contributed by atoms with Crippen LogP contribution in [0.25, 0.3) is 10.8 Å². The van der Waals surface area contributed by atoms with Gasteiger partial charge >= 0.3 is 0 Å². The van der Waals surface area contributed by atoms with Gasteiger partial charge in [-0.3, -0.25) is 9.59 Å². The normalized spacial score (nSPS) is 10.7. The van der Waals surface area contributed by atoms with Gasteiger partial charge in [-0.05, 0) is 17.5 Å². The number of thiophene rings is 1. The zero-order chi connectivity index (χ0) is 14.8. The van der Waals surface area contributed by atoms with Crippen LogP contribution in [0.15, 0.2) is 52.8 Å². The van der Waals surface area contributed by atoms with Gasteiger partial charge in [-0.1, -0.05) is 24.3 Å². The van der Waals surface area contributed by atoms with Crippen LogP contribution in [0.2, 0.25) is 0 Å². The molecule has 1 amide bonds. The molecule has 0 bridgehead atoms. The highest BCUT2D eigenvalue weighted by Gasteiger charge is 2.13. The Hall–Kier alpha value is -2.40. The Bertz CT molecular complexity index is 850. The van der Waals surface area contributed by atoms with Crippen molar-refractivity contribution < 1.29 is 4.79 Å². The molecule has 3 aromatic rings. The zero-order valence-electron chi connectivity index (χ0n) is 11.5. The van der Waals surface area contributed by atoms with Gasteiger partial charge in [0.1, 0.15) is 0 Å². The third-order valence-corrected chi connectivity index (χ3v) is 4.22. The van der Waals surface area contributed by atoms with Crippen molar-refractivity contribution in [1.29, 1.82) is 0 Å². The lowest BCUT2D eigenvalue weighted by Gasteiger charge is -2.09. The summed E-state index contributed by atoms with van der Waals surface area (Å²) in [5.41, 5.74) is 0.421. The van der Waals surface area contributed by atoms with E-state index >= 15 is 0 Å². The van der Waals surface area contributed by atoms with Gasteiger partial charge in [0.05, 0.1) is 12.1 Å². The molecule has 0 aliphatic carbocycles. The van der Waals surface area contributed by atoms with Crippen molar-refractivity contribution in [3.8, 4) is 0 Å². The van der Waals surface area contributed by atoms with Crippen LogP contribution in [-0.4, -0.2) is 10.5 Å². The maximum atomic E-state index is 12.4. The highest BCUT2D eigenvalue weighted by Crippen LogP contribution is 2.15. The Morgan fingerprint density at radius 2 is 1.95 bits per heavy atom. The molecular weight excluding hydrogens is 284 g/mol. The van der Waals surface area contributed by atoms with Gasteiger partial charge in [-0.2, -0.15) is 0 Å². The molecule has 106 valence electrons. The Morgan fingerprint density at radius 1 is 1.19 bits per heavy atom. The molecule has 2 aromatic heterocycles. The molecule has 0 saturated carbocycles. The van der Waals surface area contributed by atoms with E-state index in [1.54, 1.807) is 42.8 Å². The molecule has 0 spiro atoms. The lowest BCUT2D eigenvalue weighted by Crippen LogP contribution is -2.26. The monoisotopic (exact) mass is 298 g/mol. The predicted molar refractivity (Wildman–Crippen MR) is 84.7 cm³/mol. The van der Waals surface area contributed by atoms with Crippen LogP contribution in [0.3, 0.4) is 0 Å². The number of nitrogens with zero attached hydrogens (tertiary/aromatic N) is 1. The number of fused-ring (bicyclic) bond motifs is 1. The van der Waals surface area contributed by atoms with Gasteiger partial charge in [-0.15, -0.1) is 11.3 Å². The third kappa shape index (κ3) is 2.60. The molecular formula is C16H14N2O2S. The van der Waals surface area contributed by atoms with E-state index < -0.39 is 0 Å². The fraction of sp³-hybridized carbons (Fsp3) is 0.125. The number of aryl methyl sites for hydroxylation is 1. The number of aromatic nitrogens is 1. The van der Waals surface area contributed by atoms with Gasteiger partial charge in [0, 0.05) is 28.9 Å². The SMILES string of the molecule is Cn1cc(C(=O)NCc2cccs2)c2ccccc2c1=O. The van der Waals surface area contributed by atoms with Gasteiger partial charge in [-0.25, -0.2) is 0 Å². The smallest absolute Gasteiger partial charge is 0.258 e. The zero-order valence-corrected chi connectivity index (χ0v) is 12.3. The predicted octanol–water partition coefficient (Wildman–Crippen LogP) is 2.53. The van der Waals surface area contributed by atoms with Crippen LogP contribution < -0.4 is 10.9 Å². The Balaban J connectivity index is 1.98. The Morgan fingerprint density at radius 3 is 2.67 bits per heavy atom. The second kappa shape index (κ2) is 5.54. The number of rotatable bonds is 3. The average molecular weight is 298 g/mol. The molecule has 2 heterocycles. The van der Waals surface area contributed by atoms with Crippen molar-refractivity contribution in [2.75, 3.05) is 0 Å². The molecule has 0 unspecified atom stereocenters. The van der Waals surface area contributed by atoms with Gasteiger partial charge in [0.2, 0.25) is 0 Å². The molecule has 0 fully saturated rings. The second-order valence-corrected chi connectivity index (χ2v) is 5.80. The molecule has 0 saturated heterocycles. The molecule has 5 heteroatoms. The second-order valence-electron chi connectivity index (χ2n) is 4.77. The fourth-order valence-electron chi connectivity index (χ4n) is 2.27. The summed E-state index contributed by atoms with van der Waals surface area (Å²) in [5, 5.41) is 6.12. The maximum Gasteiger partial charge on any atom is 0.258 e. The minimum Gasteiger partial charge on any atom is -0.347 e. The van der Waals surface area contributed by atoms with Crippen molar-refractivity contribution in [1.82, 2.24) is 9.88 Å². The summed E-state index contributed by atoms with van der Waals surface area (Å²) in [7, 11) is 1.66. The molecule has 4 nitrogen and oxygen atoms in total. The van der Waals surface area contributed by atoms with Gasteiger partial charge < -0.3 is 9.88 Å². The van der Waals surface area contributed by atoms with E-state index in [-0.39, 0.29) is 11.5 Å². The first-order valence-electron chi connectivity index (χ1n) is 6.56. The summed E-state index contributed by atoms with van der Waals surface area (Å²) in [6.07, 6.45) is 1.59. The van der Waals surface area contributed by atoms with Gasteiger partial charge in [0.25, 0.3) is 11.5 Å². The Kier molecular flexibility index (Phi) is 3.58. The summed E-state index contributed by atoms with van der Waals surface area (Å²) in [4.78, 5) is 25.6. The highest BCUT2D eigenvalue weighted by molar-refractivity contribution is 7.09. The number of nitrogens with one attached hydrogen (secondary N) is 1. The first kappa shape index (κ1) is 13.6. The van der Waals surface area contributed by atoms with Crippen LogP contribution in [0, 0.1) is 0 Å². The van der Waals surface area contributed by atoms with E-state index in [9.17, 15) is 9.59 Å². The quantitative estimate of drug-likeness (QED) is 0.808. The van der Waals surface area contributed by atoms with E-state index in [1.807, 2.05) is 23.6 Å². The number of carbonyl (C=O) groups is 1. The van der Waals surface area contributed by atoms with Crippen LogP contribution in [-0.2, 0) is 13.6 Å². The van der Waals surface area contributed by atoms with Crippen LogP contribution in [0.4, 0.5) is 0 Å². The standard InChI is InChI=1S/C16H14N2O2S/c1-18-10-14(12-6-2-3-7-13(12)16(18)20)15(19)17-9-11-5-4-8-21-11/h2-8,10H,9H2,1H3,(H,17,19). The summed E-state index contributed by atoms with van der Waals surface area (Å²) in [6.45, 7) is 0.494. The molecule has 1 N–H and O–H groups in total. The lowest BCUT2D eigenvalue weighted by atomic mass is 10.1. The van der Waals surface area contributed by atoms with E-state index in [0.29, 0.717) is 22.9 Å². The summed E-state index contributed by atoms with van der Waals surface area (Å²) < 4.78 is 1.45. The molecule has 21 heavy (non-hydrogen) atoms. The number of benzene rings is 1. The maximum absolute atomic E-state index is 12.4. The van der Waals surface area contributed by atoms with Crippen LogP contribution in [0.1, 0.15) is 15.2 Å². The number of amides is 1. The number of hydrogen-bond donors (Lipinski definition) is 1. The summed E-state index contributed by atoms with van der Waals surface area (Å²) in [5.74, 6) is -0.171. The van der Waals surface area contributed by atoms with Crippen LogP contribution in [0.5, 0.6) is 0 Å². The molecule has 1 aromatic carbocycles. The van der Waals surface area contributed by atoms with Crippen molar-refractivity contribution >= 4 is 28.0 Å². The number of hydrogen-bond acceptors (Lipinski definition) is 3. The fourth-order valence-corrected chi connectivity index (χ4v) is 2.92. The van der Waals surface area contributed by atoms with E-state index in [1.165, 1.54) is 4.57 Å². The molecule has 0 aliphatic heterocycles. The summed E-state index contributed by atoms with van der Waals surface area (Å²) >= 11 is 1.60. The third-order valence-electron chi connectivity index (χ3n) is 3.34. The molecule has 0 aliphatic rings. The topological polar surface area (TPSA) is 51.1 Å². The van der Waals surface area contributed by atoms with Crippen molar-refractivity contribution in [3.05, 3.63) is 68.8 Å². The van der Waals surface area contributed by atoms with E-state index in [4.69, 9.17) is 0 Å². The Labute approximate surface area is 125 Å². The van der Waals surface area contributed by atoms with Gasteiger partial charge in [0.15, 0.2) is 0 Å². The number of pyridine rings is 1. The highest BCUT2D eigenvalue weighted by atomic mass is 32.1. The molecule has 3 rings (SSSR count). The molecule has 0 radical (unpaired) electrons. The largest absolute Gasteiger partial charge is 0.347 e. The van der Waals surface area contributed by atoms with E-state index in [2.05, 4.69) is 5.32 Å². The summed E-state index contributed by atoms with van der Waals surface area (Å²) in [6, 6.07) is 11.1. The minimum absolute atomic E-state index is 0.0968. The van der Waals surface area contributed by atoms with Crippen molar-refractivity contribution in [2.45, 2.75) is 6.54 Å². The van der Waals surface area contributed by atoms with Crippen LogP contribution >= 0.6 is 11.3 Å². The molecule has 0 atom stereocenters. The van der Waals surface area contributed by atoms with E-state index in [0.717, 1.165) is 4.88 Å². The lowest BCUT2D eigenvalue weighted by molar-refractivity contribution is 0.0952. The van der Waals surface area contributed by atoms with Crippen molar-refractivity contribution in [3.63, 3.8) is 0 Å².